The maximum atomic E-state index is 12.9. The number of rotatable bonds is 9. The van der Waals surface area contributed by atoms with Crippen LogP contribution in [0.15, 0.2) is 84.0 Å². The largest absolute Gasteiger partial charge is 0.495 e. The van der Waals surface area contributed by atoms with Crippen molar-refractivity contribution in [1.29, 1.82) is 0 Å². The summed E-state index contributed by atoms with van der Waals surface area (Å²) in [5, 5.41) is 10.7. The zero-order chi connectivity index (χ0) is 27.3. The van der Waals surface area contributed by atoms with Crippen molar-refractivity contribution >= 4 is 45.4 Å². The molecule has 1 fully saturated rings. The van der Waals surface area contributed by atoms with Crippen molar-refractivity contribution in [2.45, 2.75) is 24.5 Å². The van der Waals surface area contributed by atoms with E-state index in [1.807, 2.05) is 41.3 Å². The van der Waals surface area contributed by atoms with Crippen LogP contribution in [0.3, 0.4) is 0 Å². The van der Waals surface area contributed by atoms with Gasteiger partial charge in [-0.15, -0.1) is 10.2 Å². The second-order valence-corrected chi connectivity index (χ2v) is 10.9. The number of hydrogen-bond acceptors (Lipinski definition) is 7. The molecule has 204 valence electrons. The molecule has 9 heteroatoms. The van der Waals surface area contributed by atoms with Gasteiger partial charge in [0.05, 0.1) is 18.3 Å². The maximum absolute atomic E-state index is 12.9. The zero-order valence-corrected chi connectivity index (χ0v) is 23.4. The molecule has 3 aromatic carbocycles. The van der Waals surface area contributed by atoms with Gasteiger partial charge in [0.15, 0.2) is 5.65 Å². The van der Waals surface area contributed by atoms with Crippen LogP contribution in [0.2, 0.25) is 0 Å². The molecule has 1 saturated heterocycles. The van der Waals surface area contributed by atoms with E-state index in [9.17, 15) is 4.79 Å². The van der Waals surface area contributed by atoms with Crippen LogP contribution in [-0.4, -0.2) is 69.6 Å². The van der Waals surface area contributed by atoms with Crippen molar-refractivity contribution in [3.05, 3.63) is 84.4 Å². The lowest BCUT2D eigenvalue weighted by molar-refractivity contribution is -0.131. The van der Waals surface area contributed by atoms with Gasteiger partial charge >= 0.3 is 0 Å². The third kappa shape index (κ3) is 5.47. The molecule has 2 aromatic heterocycles. The molecule has 40 heavy (non-hydrogen) atoms. The Morgan fingerprint density at radius 2 is 1.65 bits per heavy atom. The summed E-state index contributed by atoms with van der Waals surface area (Å²) in [6.07, 6.45) is 1.29. The first-order valence-electron chi connectivity index (χ1n) is 13.7. The predicted octanol–water partition coefficient (Wildman–Crippen LogP) is 5.26. The second-order valence-electron chi connectivity index (χ2n) is 9.85. The SMILES string of the molecule is COc1ccccc1N1CCN(C(=O)CCCSc2nnc3c4ccccc4n(Cc4ccccc4)c3n2)CC1. The number of ether oxygens (including phenoxy) is 1. The molecule has 0 N–H and O–H groups in total. The van der Waals surface area contributed by atoms with E-state index in [2.05, 4.69) is 62.1 Å². The summed E-state index contributed by atoms with van der Waals surface area (Å²) >= 11 is 1.56. The van der Waals surface area contributed by atoms with E-state index in [1.165, 1.54) is 5.56 Å². The van der Waals surface area contributed by atoms with Crippen LogP contribution in [0, 0.1) is 0 Å². The number of amides is 1. The van der Waals surface area contributed by atoms with Gasteiger partial charge in [-0.25, -0.2) is 4.98 Å². The number of benzene rings is 3. The summed E-state index contributed by atoms with van der Waals surface area (Å²) in [5.74, 6) is 1.84. The Morgan fingerprint density at radius 1 is 0.900 bits per heavy atom. The van der Waals surface area contributed by atoms with Gasteiger partial charge < -0.3 is 19.1 Å². The molecule has 3 heterocycles. The van der Waals surface area contributed by atoms with Crippen LogP contribution in [-0.2, 0) is 11.3 Å². The van der Waals surface area contributed by atoms with Crippen molar-refractivity contribution in [3.8, 4) is 5.75 Å². The van der Waals surface area contributed by atoms with E-state index >= 15 is 0 Å². The number of para-hydroxylation sites is 3. The fraction of sp³-hybridized carbons (Fsp3) is 0.290. The minimum Gasteiger partial charge on any atom is -0.495 e. The third-order valence-electron chi connectivity index (χ3n) is 7.36. The number of carbonyl (C=O) groups excluding carboxylic acids is 1. The monoisotopic (exact) mass is 552 g/mol. The highest BCUT2D eigenvalue weighted by atomic mass is 32.2. The van der Waals surface area contributed by atoms with Gasteiger partial charge in [0.1, 0.15) is 11.3 Å². The Balaban J connectivity index is 1.06. The number of aromatic nitrogens is 4. The van der Waals surface area contributed by atoms with Gasteiger partial charge in [-0.2, -0.15) is 0 Å². The van der Waals surface area contributed by atoms with E-state index in [0.29, 0.717) is 18.1 Å². The molecule has 1 aliphatic rings. The highest BCUT2D eigenvalue weighted by Crippen LogP contribution is 2.29. The van der Waals surface area contributed by atoms with E-state index in [0.717, 1.165) is 71.9 Å². The van der Waals surface area contributed by atoms with Gasteiger partial charge in [-0.3, -0.25) is 4.79 Å². The highest BCUT2D eigenvalue weighted by molar-refractivity contribution is 7.99. The van der Waals surface area contributed by atoms with E-state index in [4.69, 9.17) is 9.72 Å². The number of piperazine rings is 1. The first kappa shape index (κ1) is 26.1. The summed E-state index contributed by atoms with van der Waals surface area (Å²) in [6.45, 7) is 3.76. The standard InChI is InChI=1S/C31H32N6O2S/c1-39-27-15-8-7-14-26(27)35-17-19-36(20-18-35)28(38)16-9-21-40-31-32-30-29(33-34-31)24-12-5-6-13-25(24)37(30)22-23-10-3-2-4-11-23/h2-8,10-15H,9,16-22H2,1H3. The summed E-state index contributed by atoms with van der Waals surface area (Å²) in [5.41, 5.74) is 5.05. The molecule has 1 amide bonds. The Bertz CT molecular complexity index is 1610. The number of anilines is 1. The number of hydrogen-bond donors (Lipinski definition) is 0. The lowest BCUT2D eigenvalue weighted by atomic mass is 10.2. The normalized spacial score (nSPS) is 13.7. The number of carbonyl (C=O) groups is 1. The van der Waals surface area contributed by atoms with Crippen LogP contribution in [0.4, 0.5) is 5.69 Å². The molecule has 0 aliphatic carbocycles. The van der Waals surface area contributed by atoms with Gasteiger partial charge in [0.25, 0.3) is 0 Å². The molecule has 8 nitrogen and oxygen atoms in total. The van der Waals surface area contributed by atoms with Gasteiger partial charge in [0, 0.05) is 50.3 Å². The Kier molecular flexibility index (Phi) is 7.81. The molecule has 6 rings (SSSR count). The summed E-state index contributed by atoms with van der Waals surface area (Å²) in [7, 11) is 1.69. The first-order valence-corrected chi connectivity index (χ1v) is 14.6. The number of fused-ring (bicyclic) bond motifs is 3. The predicted molar refractivity (Wildman–Crippen MR) is 160 cm³/mol. The topological polar surface area (TPSA) is 76.4 Å². The molecule has 0 spiro atoms. The molecule has 0 atom stereocenters. The molecular formula is C31H32N6O2S. The van der Waals surface area contributed by atoms with E-state index < -0.39 is 0 Å². The summed E-state index contributed by atoms with van der Waals surface area (Å²) in [6, 6.07) is 26.7. The molecule has 5 aromatic rings. The molecule has 0 unspecified atom stereocenters. The lowest BCUT2D eigenvalue weighted by Crippen LogP contribution is -2.48. The van der Waals surface area contributed by atoms with Crippen LogP contribution in [0.5, 0.6) is 5.75 Å². The first-order chi connectivity index (χ1) is 19.7. The van der Waals surface area contributed by atoms with Crippen molar-refractivity contribution < 1.29 is 9.53 Å². The summed E-state index contributed by atoms with van der Waals surface area (Å²) in [4.78, 5) is 22.1. The number of methoxy groups -OCH3 is 1. The Hall–Kier alpha value is -4.11. The molecule has 0 saturated carbocycles. The van der Waals surface area contributed by atoms with E-state index in [-0.39, 0.29) is 5.91 Å². The van der Waals surface area contributed by atoms with Gasteiger partial charge in [-0.05, 0) is 30.2 Å². The van der Waals surface area contributed by atoms with Gasteiger partial charge in [0.2, 0.25) is 11.1 Å². The highest BCUT2D eigenvalue weighted by Gasteiger charge is 2.22. The van der Waals surface area contributed by atoms with Crippen LogP contribution in [0.25, 0.3) is 22.1 Å². The number of nitrogens with zero attached hydrogens (tertiary/aromatic N) is 6. The second kappa shape index (κ2) is 12.0. The summed E-state index contributed by atoms with van der Waals surface area (Å²) < 4.78 is 7.72. The van der Waals surface area contributed by atoms with E-state index in [1.54, 1.807) is 18.9 Å². The molecule has 1 aliphatic heterocycles. The minimum atomic E-state index is 0.206. The maximum Gasteiger partial charge on any atom is 0.222 e. The van der Waals surface area contributed by atoms with Crippen LogP contribution in [0.1, 0.15) is 18.4 Å². The van der Waals surface area contributed by atoms with Crippen molar-refractivity contribution in [2.75, 3.05) is 43.9 Å². The molecule has 0 radical (unpaired) electrons. The molecule has 0 bridgehead atoms. The average Bonchev–Trinajstić information content (AvgIpc) is 3.32. The Morgan fingerprint density at radius 3 is 2.48 bits per heavy atom. The minimum absolute atomic E-state index is 0.206. The van der Waals surface area contributed by atoms with Crippen LogP contribution >= 0.6 is 11.8 Å². The fourth-order valence-corrected chi connectivity index (χ4v) is 6.03. The quantitative estimate of drug-likeness (QED) is 0.182. The van der Waals surface area contributed by atoms with Crippen LogP contribution < -0.4 is 9.64 Å². The zero-order valence-electron chi connectivity index (χ0n) is 22.6. The number of thioether (sulfide) groups is 1. The average molecular weight is 553 g/mol. The van der Waals surface area contributed by atoms with Gasteiger partial charge in [-0.1, -0.05) is 72.4 Å². The fourth-order valence-electron chi connectivity index (χ4n) is 5.31. The smallest absolute Gasteiger partial charge is 0.222 e. The van der Waals surface area contributed by atoms with Crippen molar-refractivity contribution in [1.82, 2.24) is 24.6 Å². The molecular weight excluding hydrogens is 520 g/mol. The Labute approximate surface area is 238 Å². The van der Waals surface area contributed by atoms with Crippen molar-refractivity contribution in [2.24, 2.45) is 0 Å². The lowest BCUT2D eigenvalue weighted by Gasteiger charge is -2.36. The van der Waals surface area contributed by atoms with Crippen molar-refractivity contribution in [3.63, 3.8) is 0 Å². The third-order valence-corrected chi connectivity index (χ3v) is 8.29.